The number of benzene rings is 1. The van der Waals surface area contributed by atoms with Crippen LogP contribution in [0.4, 0.5) is 5.69 Å². The van der Waals surface area contributed by atoms with Gasteiger partial charge in [-0.05, 0) is 18.2 Å². The van der Waals surface area contributed by atoms with Gasteiger partial charge in [-0.25, -0.2) is 9.78 Å². The number of para-hydroxylation sites is 1. The fraction of sp³-hybridized carbons (Fsp3) is 0.0714. The SMILES string of the molecule is O=C(COC(=O)c1cnc(Cl)c(Cl)c1)Nc1ccccc1Cl. The van der Waals surface area contributed by atoms with E-state index in [1.165, 1.54) is 12.3 Å². The van der Waals surface area contributed by atoms with Gasteiger partial charge in [0.25, 0.3) is 5.91 Å². The van der Waals surface area contributed by atoms with Crippen LogP contribution in [0.15, 0.2) is 36.5 Å². The zero-order valence-electron chi connectivity index (χ0n) is 11.0. The number of hydrogen-bond acceptors (Lipinski definition) is 4. The van der Waals surface area contributed by atoms with E-state index in [0.29, 0.717) is 10.7 Å². The Hall–Kier alpha value is -1.82. The lowest BCUT2D eigenvalue weighted by Crippen LogP contribution is -2.21. The molecule has 0 aliphatic rings. The molecule has 1 heterocycles. The normalized spacial score (nSPS) is 10.1. The third-order valence-electron chi connectivity index (χ3n) is 2.51. The average molecular weight is 360 g/mol. The fourth-order valence-electron chi connectivity index (χ4n) is 1.50. The smallest absolute Gasteiger partial charge is 0.340 e. The maximum Gasteiger partial charge on any atom is 0.340 e. The Morgan fingerprint density at radius 2 is 1.86 bits per heavy atom. The molecule has 5 nitrogen and oxygen atoms in total. The van der Waals surface area contributed by atoms with Gasteiger partial charge in [0.2, 0.25) is 0 Å². The summed E-state index contributed by atoms with van der Waals surface area (Å²) in [4.78, 5) is 27.2. The molecule has 2 rings (SSSR count). The summed E-state index contributed by atoms with van der Waals surface area (Å²) < 4.78 is 4.86. The van der Waals surface area contributed by atoms with Gasteiger partial charge >= 0.3 is 5.97 Å². The van der Waals surface area contributed by atoms with Gasteiger partial charge in [0.1, 0.15) is 5.15 Å². The lowest BCUT2D eigenvalue weighted by atomic mass is 10.3. The van der Waals surface area contributed by atoms with Gasteiger partial charge in [-0.2, -0.15) is 0 Å². The fourth-order valence-corrected chi connectivity index (χ4v) is 1.95. The molecule has 0 bridgehead atoms. The number of anilines is 1. The average Bonchev–Trinajstić information content (AvgIpc) is 2.50. The monoisotopic (exact) mass is 358 g/mol. The van der Waals surface area contributed by atoms with Gasteiger partial charge in [-0.1, -0.05) is 46.9 Å². The number of amides is 1. The van der Waals surface area contributed by atoms with E-state index >= 15 is 0 Å². The van der Waals surface area contributed by atoms with Gasteiger partial charge in [0.15, 0.2) is 6.61 Å². The standard InChI is InChI=1S/C14H9Cl3N2O3/c15-9-3-1-2-4-11(9)19-12(20)7-22-14(21)8-5-10(16)13(17)18-6-8/h1-6H,7H2,(H,19,20). The van der Waals surface area contributed by atoms with Crippen molar-refractivity contribution in [2.24, 2.45) is 0 Å². The number of nitrogens with zero attached hydrogens (tertiary/aromatic N) is 1. The molecule has 1 aromatic heterocycles. The molecular weight excluding hydrogens is 351 g/mol. The van der Waals surface area contributed by atoms with Crippen LogP contribution in [0, 0.1) is 0 Å². The van der Waals surface area contributed by atoms with Gasteiger partial charge in [0, 0.05) is 6.20 Å². The molecule has 0 saturated carbocycles. The molecule has 2 aromatic rings. The molecule has 0 atom stereocenters. The van der Waals surface area contributed by atoms with E-state index in [-0.39, 0.29) is 15.7 Å². The Balaban J connectivity index is 1.92. The van der Waals surface area contributed by atoms with Crippen molar-refractivity contribution < 1.29 is 14.3 Å². The van der Waals surface area contributed by atoms with Crippen LogP contribution in [0.2, 0.25) is 15.2 Å². The number of nitrogens with one attached hydrogen (secondary N) is 1. The van der Waals surface area contributed by atoms with E-state index in [1.807, 2.05) is 0 Å². The van der Waals surface area contributed by atoms with E-state index in [1.54, 1.807) is 24.3 Å². The van der Waals surface area contributed by atoms with E-state index in [9.17, 15) is 9.59 Å². The molecule has 0 fully saturated rings. The van der Waals surface area contributed by atoms with Gasteiger partial charge in [-0.15, -0.1) is 0 Å². The molecule has 1 N–H and O–H groups in total. The molecule has 1 aromatic carbocycles. The Bertz CT molecular complexity index is 722. The highest BCUT2D eigenvalue weighted by molar-refractivity contribution is 6.41. The van der Waals surface area contributed by atoms with Crippen LogP contribution in [0.3, 0.4) is 0 Å². The van der Waals surface area contributed by atoms with Crippen LogP contribution < -0.4 is 5.32 Å². The minimum absolute atomic E-state index is 0.0784. The van der Waals surface area contributed by atoms with Gasteiger partial charge in [0.05, 0.1) is 21.3 Å². The van der Waals surface area contributed by atoms with E-state index < -0.39 is 18.5 Å². The van der Waals surface area contributed by atoms with Crippen LogP contribution in [0.5, 0.6) is 0 Å². The van der Waals surface area contributed by atoms with Crippen molar-refractivity contribution in [3.05, 3.63) is 57.3 Å². The number of hydrogen-bond donors (Lipinski definition) is 1. The first-order valence-electron chi connectivity index (χ1n) is 6.00. The molecular formula is C14H9Cl3N2O3. The Labute approximate surface area is 141 Å². The maximum atomic E-state index is 11.8. The second-order valence-electron chi connectivity index (χ2n) is 4.10. The second-order valence-corrected chi connectivity index (χ2v) is 5.27. The molecule has 0 aliphatic heterocycles. The number of carbonyl (C=O) groups excluding carboxylic acids is 2. The molecule has 0 spiro atoms. The van der Waals surface area contributed by atoms with Crippen molar-refractivity contribution in [3.63, 3.8) is 0 Å². The summed E-state index contributed by atoms with van der Waals surface area (Å²) in [5.41, 5.74) is 0.529. The summed E-state index contributed by atoms with van der Waals surface area (Å²) >= 11 is 17.3. The quantitative estimate of drug-likeness (QED) is 0.665. The van der Waals surface area contributed by atoms with Crippen molar-refractivity contribution in [2.45, 2.75) is 0 Å². The predicted octanol–water partition coefficient (Wildman–Crippen LogP) is 3.84. The van der Waals surface area contributed by atoms with Crippen LogP contribution in [0.25, 0.3) is 0 Å². The lowest BCUT2D eigenvalue weighted by molar-refractivity contribution is -0.119. The van der Waals surface area contributed by atoms with Crippen molar-refractivity contribution in [3.8, 4) is 0 Å². The molecule has 0 unspecified atom stereocenters. The number of carbonyl (C=O) groups is 2. The summed E-state index contributed by atoms with van der Waals surface area (Å²) in [5.74, 6) is -1.25. The molecule has 1 amide bonds. The first kappa shape index (κ1) is 16.5. The van der Waals surface area contributed by atoms with Crippen molar-refractivity contribution >= 4 is 52.4 Å². The highest BCUT2D eigenvalue weighted by atomic mass is 35.5. The summed E-state index contributed by atoms with van der Waals surface area (Å²) in [5, 5.41) is 3.11. The number of esters is 1. The third-order valence-corrected chi connectivity index (χ3v) is 3.53. The zero-order valence-corrected chi connectivity index (χ0v) is 13.2. The van der Waals surface area contributed by atoms with Crippen LogP contribution in [-0.2, 0) is 9.53 Å². The molecule has 22 heavy (non-hydrogen) atoms. The summed E-state index contributed by atoms with van der Waals surface area (Å²) in [7, 11) is 0. The first-order valence-corrected chi connectivity index (χ1v) is 7.13. The molecule has 0 radical (unpaired) electrons. The first-order chi connectivity index (χ1) is 10.5. The van der Waals surface area contributed by atoms with Gasteiger partial charge < -0.3 is 10.1 Å². The summed E-state index contributed by atoms with van der Waals surface area (Å²) in [6.45, 7) is -0.468. The minimum Gasteiger partial charge on any atom is -0.452 e. The number of halogens is 3. The molecule has 8 heteroatoms. The van der Waals surface area contributed by atoms with Crippen molar-refractivity contribution in [1.29, 1.82) is 0 Å². The minimum atomic E-state index is -0.736. The molecule has 0 saturated heterocycles. The van der Waals surface area contributed by atoms with E-state index in [2.05, 4.69) is 10.3 Å². The predicted molar refractivity (Wildman–Crippen MR) is 84.6 cm³/mol. The van der Waals surface area contributed by atoms with Crippen LogP contribution in [-0.4, -0.2) is 23.5 Å². The molecule has 114 valence electrons. The van der Waals surface area contributed by atoms with E-state index in [0.717, 1.165) is 0 Å². The Morgan fingerprint density at radius 3 is 2.55 bits per heavy atom. The number of pyridine rings is 1. The number of ether oxygens (including phenoxy) is 1. The third kappa shape index (κ3) is 4.34. The number of rotatable bonds is 4. The Kier molecular flexibility index (Phi) is 5.60. The summed E-state index contributed by atoms with van der Waals surface area (Å²) in [6, 6.07) is 8.02. The summed E-state index contributed by atoms with van der Waals surface area (Å²) in [6.07, 6.45) is 1.21. The van der Waals surface area contributed by atoms with Gasteiger partial charge in [-0.3, -0.25) is 4.79 Å². The Morgan fingerprint density at radius 1 is 1.14 bits per heavy atom. The van der Waals surface area contributed by atoms with Crippen molar-refractivity contribution in [2.75, 3.05) is 11.9 Å². The number of aromatic nitrogens is 1. The highest BCUT2D eigenvalue weighted by Crippen LogP contribution is 2.21. The van der Waals surface area contributed by atoms with Crippen LogP contribution >= 0.6 is 34.8 Å². The van der Waals surface area contributed by atoms with Crippen LogP contribution in [0.1, 0.15) is 10.4 Å². The zero-order chi connectivity index (χ0) is 16.1. The second kappa shape index (κ2) is 7.45. The maximum absolute atomic E-state index is 11.8. The lowest BCUT2D eigenvalue weighted by Gasteiger charge is -2.08. The highest BCUT2D eigenvalue weighted by Gasteiger charge is 2.13. The van der Waals surface area contributed by atoms with E-state index in [4.69, 9.17) is 39.5 Å². The topological polar surface area (TPSA) is 68.3 Å². The largest absolute Gasteiger partial charge is 0.452 e. The molecule has 0 aliphatic carbocycles. The van der Waals surface area contributed by atoms with Crippen molar-refractivity contribution in [1.82, 2.24) is 4.98 Å².